The second-order valence-electron chi connectivity index (χ2n) is 8.15. The van der Waals surface area contributed by atoms with Gasteiger partial charge in [0.15, 0.2) is 5.96 Å². The number of carbonyl (C=O) groups is 1. The van der Waals surface area contributed by atoms with Crippen LogP contribution in [0.15, 0.2) is 30.5 Å². The van der Waals surface area contributed by atoms with Crippen molar-refractivity contribution in [3.05, 3.63) is 58.7 Å². The lowest BCUT2D eigenvalue weighted by molar-refractivity contribution is 0.0961. The van der Waals surface area contributed by atoms with Crippen LogP contribution in [0, 0.1) is 11.2 Å². The summed E-state index contributed by atoms with van der Waals surface area (Å²) in [4.78, 5) is 21.4. The van der Waals surface area contributed by atoms with Crippen LogP contribution in [0.3, 0.4) is 0 Å². The van der Waals surface area contributed by atoms with Gasteiger partial charge in [0.2, 0.25) is 0 Å². The fourth-order valence-electron chi connectivity index (χ4n) is 4.50. The summed E-state index contributed by atoms with van der Waals surface area (Å²) in [5, 5.41) is 11.0. The zero-order valence-corrected chi connectivity index (χ0v) is 17.9. The van der Waals surface area contributed by atoms with Crippen LogP contribution in [0.4, 0.5) is 4.39 Å². The number of nitrogens with one attached hydrogen (secondary N) is 2. The molecule has 7 nitrogen and oxygen atoms in total. The molecule has 2 aliphatic rings. The van der Waals surface area contributed by atoms with Gasteiger partial charge in [-0.25, -0.2) is 4.39 Å². The predicted octanol–water partition coefficient (Wildman–Crippen LogP) is 3.11. The van der Waals surface area contributed by atoms with Crippen LogP contribution < -0.4 is 10.1 Å². The van der Waals surface area contributed by atoms with Crippen LogP contribution in [0.2, 0.25) is 0 Å². The minimum Gasteiger partial charge on any atom is -0.497 e. The molecule has 8 heteroatoms. The molecule has 2 aromatic rings. The maximum Gasteiger partial charge on any atom is 0.261 e. The van der Waals surface area contributed by atoms with Gasteiger partial charge in [-0.3, -0.25) is 25.4 Å². The number of carbonyl (C=O) groups excluding carboxylic acids is 1. The van der Waals surface area contributed by atoms with Crippen molar-refractivity contribution in [1.82, 2.24) is 20.1 Å². The Morgan fingerprint density at radius 2 is 2.16 bits per heavy atom. The zero-order valence-electron chi connectivity index (χ0n) is 17.9. The summed E-state index contributed by atoms with van der Waals surface area (Å²) in [6, 6.07) is 6.75. The third-order valence-corrected chi connectivity index (χ3v) is 6.20. The molecule has 1 fully saturated rings. The van der Waals surface area contributed by atoms with Crippen molar-refractivity contribution < 1.29 is 13.9 Å². The second kappa shape index (κ2) is 9.01. The molecular formula is C23H28FN5O2. The number of ether oxygens (including phenoxy) is 1. The highest BCUT2D eigenvalue weighted by molar-refractivity contribution is 6.06. The first-order valence-corrected chi connectivity index (χ1v) is 10.6. The second-order valence-corrected chi connectivity index (χ2v) is 8.15. The van der Waals surface area contributed by atoms with E-state index in [0.717, 1.165) is 37.1 Å². The molecule has 164 valence electrons. The molecule has 0 saturated carbocycles. The van der Waals surface area contributed by atoms with Gasteiger partial charge < -0.3 is 9.64 Å². The summed E-state index contributed by atoms with van der Waals surface area (Å²) < 4.78 is 20.3. The molecular weight excluding hydrogens is 397 g/mol. The van der Waals surface area contributed by atoms with Crippen molar-refractivity contribution in [1.29, 1.82) is 5.41 Å². The summed E-state index contributed by atoms with van der Waals surface area (Å²) in [5.74, 6) is -0.876. The number of nitrogens with zero attached hydrogens (tertiary/aromatic N) is 3. The number of hydrogen-bond acceptors (Lipinski definition) is 5. The molecule has 0 aliphatic carbocycles. The van der Waals surface area contributed by atoms with Gasteiger partial charge in [0.25, 0.3) is 5.91 Å². The molecule has 2 aliphatic heterocycles. The van der Waals surface area contributed by atoms with E-state index in [0.29, 0.717) is 30.8 Å². The molecule has 31 heavy (non-hydrogen) atoms. The number of rotatable bonds is 3. The Kier molecular flexibility index (Phi) is 6.18. The Hall–Kier alpha value is -3.00. The first kappa shape index (κ1) is 21.2. The van der Waals surface area contributed by atoms with Crippen molar-refractivity contribution in [3.8, 4) is 5.75 Å². The van der Waals surface area contributed by atoms with Crippen LogP contribution >= 0.6 is 0 Å². The van der Waals surface area contributed by atoms with Gasteiger partial charge in [-0.1, -0.05) is 12.5 Å². The number of aromatic nitrogens is 1. The molecule has 2 N–H and O–H groups in total. The van der Waals surface area contributed by atoms with Crippen molar-refractivity contribution >= 4 is 11.9 Å². The van der Waals surface area contributed by atoms with E-state index in [4.69, 9.17) is 10.1 Å². The third kappa shape index (κ3) is 4.39. The number of guanidine groups is 1. The zero-order chi connectivity index (χ0) is 22.0. The topological polar surface area (TPSA) is 81.5 Å². The lowest BCUT2D eigenvalue weighted by Gasteiger charge is -2.34. The standard InChI is InChI=1S/C23H28FN5O2/c1-28-10-4-3-7-20(28)17-12-16(31-2)13-18(24)21(17)22(30)27-23(25)29-11-8-19-15(14-29)6-5-9-26-19/h5-6,9,12-13,20H,3-4,7-8,10-11,14H2,1-2H3,(H2,25,27,30). The fourth-order valence-corrected chi connectivity index (χ4v) is 4.50. The number of piperidine rings is 1. The van der Waals surface area contributed by atoms with Crippen LogP contribution in [0.25, 0.3) is 0 Å². The van der Waals surface area contributed by atoms with Gasteiger partial charge >= 0.3 is 0 Å². The smallest absolute Gasteiger partial charge is 0.261 e. The number of hydrogen-bond donors (Lipinski definition) is 2. The van der Waals surface area contributed by atoms with Crippen LogP contribution in [-0.2, 0) is 13.0 Å². The average molecular weight is 426 g/mol. The highest BCUT2D eigenvalue weighted by Crippen LogP contribution is 2.35. The van der Waals surface area contributed by atoms with Gasteiger partial charge in [-0.05, 0) is 49.7 Å². The molecule has 1 aromatic heterocycles. The summed E-state index contributed by atoms with van der Waals surface area (Å²) >= 11 is 0. The number of pyridine rings is 1. The van der Waals surface area contributed by atoms with Gasteiger partial charge in [0.05, 0.1) is 12.7 Å². The minimum atomic E-state index is -0.633. The number of benzene rings is 1. The highest BCUT2D eigenvalue weighted by Gasteiger charge is 2.30. The molecule has 0 bridgehead atoms. The summed E-state index contributed by atoms with van der Waals surface area (Å²) in [6.45, 7) is 1.96. The fraction of sp³-hybridized carbons (Fsp3) is 0.435. The van der Waals surface area contributed by atoms with Crippen molar-refractivity contribution in [2.24, 2.45) is 0 Å². The molecule has 1 saturated heterocycles. The Morgan fingerprint density at radius 1 is 1.32 bits per heavy atom. The summed E-state index contributed by atoms with van der Waals surface area (Å²) in [6.07, 6.45) is 5.40. The third-order valence-electron chi connectivity index (χ3n) is 6.20. The van der Waals surface area contributed by atoms with Crippen molar-refractivity contribution in [2.45, 2.75) is 38.3 Å². The molecule has 1 unspecified atom stereocenters. The lowest BCUT2D eigenvalue weighted by atomic mass is 9.91. The quantitative estimate of drug-likeness (QED) is 0.583. The number of amides is 1. The largest absolute Gasteiger partial charge is 0.497 e. The first-order valence-electron chi connectivity index (χ1n) is 10.6. The number of likely N-dealkylation sites (tertiary alicyclic amines) is 1. The minimum absolute atomic E-state index is 0.0108. The molecule has 4 rings (SSSR count). The number of methoxy groups -OCH3 is 1. The summed E-state index contributed by atoms with van der Waals surface area (Å²) in [5.41, 5.74) is 2.65. The van der Waals surface area contributed by atoms with E-state index in [2.05, 4.69) is 15.2 Å². The van der Waals surface area contributed by atoms with E-state index >= 15 is 4.39 Å². The van der Waals surface area contributed by atoms with Gasteiger partial charge in [-0.15, -0.1) is 0 Å². The Bertz CT molecular complexity index is 996. The van der Waals surface area contributed by atoms with E-state index in [1.165, 1.54) is 13.2 Å². The Labute approximate surface area is 181 Å². The van der Waals surface area contributed by atoms with Crippen LogP contribution in [-0.4, -0.2) is 53.9 Å². The SMILES string of the molecule is COc1cc(F)c(C(=O)NC(=N)N2CCc3ncccc3C2)c(C2CCCCN2C)c1. The molecule has 1 aromatic carbocycles. The monoisotopic (exact) mass is 425 g/mol. The average Bonchev–Trinajstić information content (AvgIpc) is 2.78. The maximum atomic E-state index is 15.1. The highest BCUT2D eigenvalue weighted by atomic mass is 19.1. The predicted molar refractivity (Wildman–Crippen MR) is 116 cm³/mol. The Balaban J connectivity index is 1.57. The molecule has 0 radical (unpaired) electrons. The van der Waals surface area contributed by atoms with E-state index in [-0.39, 0.29) is 17.6 Å². The normalized spacial score (nSPS) is 18.9. The van der Waals surface area contributed by atoms with E-state index in [1.54, 1.807) is 17.2 Å². The van der Waals surface area contributed by atoms with Gasteiger partial charge in [0.1, 0.15) is 11.6 Å². The van der Waals surface area contributed by atoms with E-state index in [9.17, 15) is 4.79 Å². The van der Waals surface area contributed by atoms with E-state index in [1.807, 2.05) is 19.2 Å². The lowest BCUT2D eigenvalue weighted by Crippen LogP contribution is -2.46. The number of halogens is 1. The number of fused-ring (bicyclic) bond motifs is 1. The van der Waals surface area contributed by atoms with E-state index < -0.39 is 11.7 Å². The van der Waals surface area contributed by atoms with Crippen molar-refractivity contribution in [3.63, 3.8) is 0 Å². The van der Waals surface area contributed by atoms with Crippen LogP contribution in [0.1, 0.15) is 52.5 Å². The Morgan fingerprint density at radius 3 is 2.94 bits per heavy atom. The molecule has 1 atom stereocenters. The molecule has 0 spiro atoms. The summed E-state index contributed by atoms with van der Waals surface area (Å²) in [7, 11) is 3.48. The molecule has 1 amide bonds. The van der Waals surface area contributed by atoms with Gasteiger partial charge in [-0.2, -0.15) is 0 Å². The maximum absolute atomic E-state index is 15.1. The first-order chi connectivity index (χ1) is 15.0. The van der Waals surface area contributed by atoms with Gasteiger partial charge in [0, 0.05) is 43.5 Å². The van der Waals surface area contributed by atoms with Crippen LogP contribution in [0.5, 0.6) is 5.75 Å². The van der Waals surface area contributed by atoms with Crippen molar-refractivity contribution in [2.75, 3.05) is 27.2 Å². The molecule has 3 heterocycles.